The predicted molar refractivity (Wildman–Crippen MR) is 133 cm³/mol. The number of rotatable bonds is 5. The first-order valence-electron chi connectivity index (χ1n) is 10.8. The third kappa shape index (κ3) is 4.29. The highest BCUT2D eigenvalue weighted by Crippen LogP contribution is 2.37. The van der Waals surface area contributed by atoms with Gasteiger partial charge in [-0.15, -0.1) is 0 Å². The number of alkyl halides is 2. The standard InChI is InChI=1S/C22H13B5ClF2N3O4/c23-20(8-7-16(34)32(26)18(20)36)31-10-11-9-13(3-6-15(11)17(31)35)22(24,25)33(27)19(37)21(29,30)12-1-4-14(28)5-2-12/h1-6,9H,7-8,10H2. The van der Waals surface area contributed by atoms with Crippen molar-refractivity contribution < 1.29 is 28.0 Å². The van der Waals surface area contributed by atoms with E-state index < -0.39 is 45.9 Å². The van der Waals surface area contributed by atoms with E-state index in [1.807, 2.05) is 0 Å². The number of carbonyl (C=O) groups is 4. The van der Waals surface area contributed by atoms with Crippen molar-refractivity contribution in [2.24, 2.45) is 0 Å². The van der Waals surface area contributed by atoms with Gasteiger partial charge in [-0.05, 0) is 41.1 Å². The molecule has 1 fully saturated rings. The second kappa shape index (κ2) is 9.08. The lowest BCUT2D eigenvalue weighted by Crippen LogP contribution is -2.64. The Hall–Kier alpha value is -3.01. The van der Waals surface area contributed by atoms with Crippen molar-refractivity contribution in [3.05, 3.63) is 69.7 Å². The molecular formula is C22H13B5ClF2N3O4. The van der Waals surface area contributed by atoms with Gasteiger partial charge in [-0.2, -0.15) is 8.78 Å². The van der Waals surface area contributed by atoms with Gasteiger partial charge >= 0.3 is 5.92 Å². The van der Waals surface area contributed by atoms with Crippen LogP contribution in [0, 0.1) is 0 Å². The highest BCUT2D eigenvalue weighted by molar-refractivity contribution is 6.43. The topological polar surface area (TPSA) is 78.0 Å². The fraction of sp³-hybridized carbons (Fsp3) is 0.273. The molecule has 0 saturated carbocycles. The summed E-state index contributed by atoms with van der Waals surface area (Å²) in [6, 6.07) is 8.11. The number of imide groups is 1. The summed E-state index contributed by atoms with van der Waals surface area (Å²) in [6.07, 6.45) is -0.321. The minimum absolute atomic E-state index is 0.00483. The number of amides is 4. The van der Waals surface area contributed by atoms with Crippen LogP contribution in [0.5, 0.6) is 0 Å². The summed E-state index contributed by atoms with van der Waals surface area (Å²) >= 11 is 5.72. The van der Waals surface area contributed by atoms with E-state index in [1.54, 1.807) is 0 Å². The predicted octanol–water partition coefficient (Wildman–Crippen LogP) is 0.545. The van der Waals surface area contributed by atoms with Crippen LogP contribution < -0.4 is 0 Å². The molecule has 2 aliphatic rings. The summed E-state index contributed by atoms with van der Waals surface area (Å²) in [5.41, 5.74) is -2.25. The van der Waals surface area contributed by atoms with E-state index in [9.17, 15) is 28.0 Å². The smallest absolute Gasteiger partial charge is 0.348 e. The largest absolute Gasteiger partial charge is 0.398 e. The highest BCUT2D eigenvalue weighted by atomic mass is 35.5. The Morgan fingerprint density at radius 3 is 2.27 bits per heavy atom. The van der Waals surface area contributed by atoms with Crippen molar-refractivity contribution in [2.75, 3.05) is 0 Å². The Bertz CT molecular complexity index is 1330. The maximum Gasteiger partial charge on any atom is 0.348 e. The Balaban J connectivity index is 1.61. The van der Waals surface area contributed by atoms with E-state index in [2.05, 4.69) is 0 Å². The molecule has 10 radical (unpaired) electrons. The molecule has 0 aromatic heterocycles. The van der Waals surface area contributed by atoms with Crippen LogP contribution in [0.15, 0.2) is 42.5 Å². The molecule has 0 N–H and O–H groups in total. The zero-order chi connectivity index (χ0) is 27.5. The number of hydrogen-bond donors (Lipinski definition) is 0. The van der Waals surface area contributed by atoms with Crippen molar-refractivity contribution in [2.45, 2.75) is 36.1 Å². The molecular weight excluding hydrogens is 498 g/mol. The Labute approximate surface area is 222 Å². The minimum Gasteiger partial charge on any atom is -0.398 e. The van der Waals surface area contributed by atoms with Crippen molar-refractivity contribution in [1.82, 2.24) is 14.5 Å². The van der Waals surface area contributed by atoms with Gasteiger partial charge in [-0.3, -0.25) is 19.2 Å². The van der Waals surface area contributed by atoms with Gasteiger partial charge in [0, 0.05) is 29.1 Å². The number of fused-ring (bicyclic) bond motifs is 1. The number of benzene rings is 2. The van der Waals surface area contributed by atoms with Gasteiger partial charge in [0.05, 0.1) is 21.1 Å². The molecule has 2 aromatic carbocycles. The summed E-state index contributed by atoms with van der Waals surface area (Å²) in [7, 11) is 29.5. The lowest BCUT2D eigenvalue weighted by atomic mass is 9.55. The van der Waals surface area contributed by atoms with E-state index in [4.69, 9.17) is 51.1 Å². The molecule has 176 valence electrons. The van der Waals surface area contributed by atoms with Gasteiger partial charge in [0.2, 0.25) is 27.8 Å². The van der Waals surface area contributed by atoms with E-state index in [0.29, 0.717) is 4.81 Å². The molecule has 0 spiro atoms. The normalized spacial score (nSPS) is 20.2. The van der Waals surface area contributed by atoms with Gasteiger partial charge in [0.15, 0.2) is 0 Å². The molecule has 1 saturated heterocycles. The van der Waals surface area contributed by atoms with Crippen LogP contribution in [0.3, 0.4) is 0 Å². The van der Waals surface area contributed by atoms with E-state index >= 15 is 0 Å². The van der Waals surface area contributed by atoms with Crippen molar-refractivity contribution in [3.8, 4) is 0 Å². The molecule has 2 heterocycles. The number of hydrogen-bond acceptors (Lipinski definition) is 4. The molecule has 15 heteroatoms. The molecule has 0 bridgehead atoms. The first kappa shape index (κ1) is 27.0. The van der Waals surface area contributed by atoms with Crippen LogP contribution in [-0.4, -0.2) is 83.1 Å². The quantitative estimate of drug-likeness (QED) is 0.435. The number of carbonyl (C=O) groups excluding carboxylic acids is 4. The second-order valence-corrected chi connectivity index (χ2v) is 9.27. The van der Waals surface area contributed by atoms with Crippen LogP contribution in [0.2, 0.25) is 5.02 Å². The molecule has 2 aromatic rings. The lowest BCUT2D eigenvalue weighted by molar-refractivity contribution is -0.155. The monoisotopic (exact) mass is 511 g/mol. The minimum atomic E-state index is -4.09. The molecule has 37 heavy (non-hydrogen) atoms. The Morgan fingerprint density at radius 1 is 1.05 bits per heavy atom. The average molecular weight is 511 g/mol. The van der Waals surface area contributed by atoms with E-state index in [0.717, 1.165) is 17.0 Å². The first-order valence-corrected chi connectivity index (χ1v) is 11.2. The molecule has 4 amide bonds. The molecule has 7 nitrogen and oxygen atoms in total. The van der Waals surface area contributed by atoms with Crippen LogP contribution in [0.25, 0.3) is 0 Å². The highest BCUT2D eigenvalue weighted by Gasteiger charge is 2.50. The van der Waals surface area contributed by atoms with Crippen LogP contribution in [0.4, 0.5) is 8.78 Å². The fourth-order valence-electron chi connectivity index (χ4n) is 4.23. The Kier molecular flexibility index (Phi) is 6.63. The first-order chi connectivity index (χ1) is 17.1. The van der Waals surface area contributed by atoms with Gasteiger partial charge in [-0.1, -0.05) is 35.9 Å². The fourth-order valence-corrected chi connectivity index (χ4v) is 4.36. The third-order valence-electron chi connectivity index (χ3n) is 6.52. The van der Waals surface area contributed by atoms with Crippen molar-refractivity contribution >= 4 is 74.7 Å². The summed E-state index contributed by atoms with van der Waals surface area (Å²) in [5.74, 6) is -8.21. The van der Waals surface area contributed by atoms with Crippen LogP contribution in [-0.2, 0) is 32.2 Å². The molecule has 2 aliphatic heterocycles. The van der Waals surface area contributed by atoms with Gasteiger partial charge in [0.25, 0.3) is 11.8 Å². The maximum absolute atomic E-state index is 14.9. The molecule has 0 aliphatic carbocycles. The summed E-state index contributed by atoms with van der Waals surface area (Å²) in [6.45, 7) is -0.207. The third-order valence-corrected chi connectivity index (χ3v) is 6.78. The average Bonchev–Trinajstić information content (AvgIpc) is 3.20. The second-order valence-electron chi connectivity index (χ2n) is 8.84. The summed E-state index contributed by atoms with van der Waals surface area (Å²) in [5, 5.41) is -2.25. The molecule has 1 atom stereocenters. The number of halogens is 3. The Morgan fingerprint density at radius 2 is 1.65 bits per heavy atom. The van der Waals surface area contributed by atoms with Crippen LogP contribution >= 0.6 is 11.6 Å². The van der Waals surface area contributed by atoms with Crippen molar-refractivity contribution in [1.29, 1.82) is 0 Å². The SMILES string of the molecule is [B]N1C(=O)CCC([B])(N2Cc3cc(C([B])([B])N([B])C(=O)C(F)(F)c4ccc(Cl)cc4)ccc3C2=O)C1=O. The zero-order valence-electron chi connectivity index (χ0n) is 19.2. The van der Waals surface area contributed by atoms with Gasteiger partial charge in [-0.25, -0.2) is 0 Å². The van der Waals surface area contributed by atoms with Crippen molar-refractivity contribution in [3.63, 3.8) is 0 Å². The zero-order valence-corrected chi connectivity index (χ0v) is 19.9. The van der Waals surface area contributed by atoms with Crippen LogP contribution in [0.1, 0.15) is 39.9 Å². The summed E-state index contributed by atoms with van der Waals surface area (Å²) < 4.78 is 29.8. The van der Waals surface area contributed by atoms with E-state index in [1.165, 1.54) is 30.3 Å². The molecule has 1 unspecified atom stereocenters. The number of nitrogens with zero attached hydrogens (tertiary/aromatic N) is 3. The van der Waals surface area contributed by atoms with Gasteiger partial charge < -0.3 is 14.5 Å². The molecule has 4 rings (SSSR count). The summed E-state index contributed by atoms with van der Waals surface area (Å²) in [4.78, 5) is 51.5. The maximum atomic E-state index is 14.9. The van der Waals surface area contributed by atoms with Gasteiger partial charge in [0.1, 0.15) is 7.85 Å². The lowest BCUT2D eigenvalue weighted by Gasteiger charge is -2.43. The van der Waals surface area contributed by atoms with E-state index in [-0.39, 0.29) is 45.9 Å². The number of piperidine rings is 1.